The van der Waals surface area contributed by atoms with Crippen molar-refractivity contribution in [3.05, 3.63) is 64.8 Å². The van der Waals surface area contributed by atoms with Gasteiger partial charge in [-0.05, 0) is 36.8 Å². The molecule has 0 radical (unpaired) electrons. The maximum atomic E-state index is 13.0. The molecule has 1 amide bonds. The average Bonchev–Trinajstić information content (AvgIpc) is 2.97. The number of carbonyl (C=O) groups is 1. The zero-order valence-electron chi connectivity index (χ0n) is 14.7. The quantitative estimate of drug-likeness (QED) is 0.717. The molecule has 26 heavy (non-hydrogen) atoms. The number of aryl methyl sites for hydroxylation is 1. The van der Waals surface area contributed by atoms with Crippen LogP contribution < -0.4 is 0 Å². The predicted octanol–water partition coefficient (Wildman–Crippen LogP) is 3.73. The molecule has 136 valence electrons. The van der Waals surface area contributed by atoms with Crippen molar-refractivity contribution in [2.75, 3.05) is 13.1 Å². The van der Waals surface area contributed by atoms with Crippen molar-refractivity contribution in [2.24, 2.45) is 7.05 Å². The van der Waals surface area contributed by atoms with Crippen molar-refractivity contribution in [3.8, 4) is 5.75 Å². The van der Waals surface area contributed by atoms with Crippen LogP contribution in [0, 0.1) is 0 Å². The molecule has 0 aliphatic carbocycles. The zero-order valence-corrected chi connectivity index (χ0v) is 15.4. The highest BCUT2D eigenvalue weighted by atomic mass is 35.5. The van der Waals surface area contributed by atoms with Gasteiger partial charge in [-0.3, -0.25) is 4.79 Å². The maximum absolute atomic E-state index is 13.0. The van der Waals surface area contributed by atoms with Gasteiger partial charge in [0.15, 0.2) is 0 Å². The van der Waals surface area contributed by atoms with E-state index in [9.17, 15) is 15.0 Å². The van der Waals surface area contributed by atoms with Gasteiger partial charge in [-0.15, -0.1) is 0 Å². The molecule has 3 aromatic rings. The van der Waals surface area contributed by atoms with E-state index in [1.165, 1.54) is 12.1 Å². The highest BCUT2D eigenvalue weighted by molar-refractivity contribution is 6.35. The van der Waals surface area contributed by atoms with Gasteiger partial charge in [0.1, 0.15) is 11.4 Å². The topological polar surface area (TPSA) is 65.7 Å². The number of halogens is 1. The molecule has 2 aromatic carbocycles. The Kier molecular flexibility index (Phi) is 5.20. The fourth-order valence-electron chi connectivity index (χ4n) is 3.14. The lowest BCUT2D eigenvalue weighted by Crippen LogP contribution is -2.35. The second kappa shape index (κ2) is 7.40. The van der Waals surface area contributed by atoms with Crippen LogP contribution in [0.15, 0.2) is 48.5 Å². The molecule has 0 spiro atoms. The second-order valence-electron chi connectivity index (χ2n) is 6.22. The maximum Gasteiger partial charge on any atom is 0.270 e. The summed E-state index contributed by atoms with van der Waals surface area (Å²) in [5.41, 5.74) is 1.89. The Balaban J connectivity index is 1.87. The molecule has 3 rings (SSSR count). The number of para-hydroxylation sites is 1. The molecular weight excluding hydrogens is 352 g/mol. The first-order chi connectivity index (χ1) is 12.4. The number of rotatable bonds is 5. The van der Waals surface area contributed by atoms with E-state index >= 15 is 0 Å². The third kappa shape index (κ3) is 3.41. The third-order valence-electron chi connectivity index (χ3n) is 4.54. The number of carbonyl (C=O) groups excluding carboxylic acids is 1. The van der Waals surface area contributed by atoms with E-state index in [0.717, 1.165) is 10.9 Å². The van der Waals surface area contributed by atoms with Crippen LogP contribution in [0.4, 0.5) is 0 Å². The molecule has 0 aliphatic heterocycles. The summed E-state index contributed by atoms with van der Waals surface area (Å²) in [5.74, 6) is -0.0966. The minimum atomic E-state index is -0.885. The van der Waals surface area contributed by atoms with Crippen molar-refractivity contribution >= 4 is 28.4 Å². The minimum Gasteiger partial charge on any atom is -0.508 e. The Morgan fingerprint density at radius 2 is 1.96 bits per heavy atom. The predicted molar refractivity (Wildman–Crippen MR) is 103 cm³/mol. The molecule has 1 heterocycles. The number of likely N-dealkylation sites (N-methyl/N-ethyl adjacent to an activating group) is 1. The van der Waals surface area contributed by atoms with E-state index in [-0.39, 0.29) is 18.2 Å². The molecule has 2 N–H and O–H groups in total. The van der Waals surface area contributed by atoms with Crippen LogP contribution in [-0.4, -0.2) is 38.7 Å². The fraction of sp³-hybridized carbons (Fsp3) is 0.250. The summed E-state index contributed by atoms with van der Waals surface area (Å²) < 4.78 is 1.78. The molecule has 5 nitrogen and oxygen atoms in total. The molecule has 0 saturated carbocycles. The van der Waals surface area contributed by atoms with E-state index in [0.29, 0.717) is 22.8 Å². The number of phenolic OH excluding ortho intramolecular Hbond substituents is 1. The SMILES string of the molecule is CCN(C[C@@H](O)c1cccc(O)c1)C(=O)c1cc2cccc(Cl)c2n1C. The number of hydrogen-bond donors (Lipinski definition) is 2. The first-order valence-electron chi connectivity index (χ1n) is 8.42. The number of benzene rings is 2. The van der Waals surface area contributed by atoms with Gasteiger partial charge in [0, 0.05) is 19.0 Å². The Bertz CT molecular complexity index is 951. The van der Waals surface area contributed by atoms with E-state index in [1.54, 1.807) is 34.7 Å². The molecule has 0 unspecified atom stereocenters. The second-order valence-corrected chi connectivity index (χ2v) is 6.63. The lowest BCUT2D eigenvalue weighted by Gasteiger charge is -2.24. The van der Waals surface area contributed by atoms with Crippen LogP contribution in [-0.2, 0) is 7.05 Å². The van der Waals surface area contributed by atoms with E-state index in [2.05, 4.69) is 0 Å². The van der Waals surface area contributed by atoms with E-state index < -0.39 is 6.10 Å². The van der Waals surface area contributed by atoms with Gasteiger partial charge in [0.05, 0.1) is 23.2 Å². The van der Waals surface area contributed by atoms with Gasteiger partial charge in [-0.1, -0.05) is 35.9 Å². The summed E-state index contributed by atoms with van der Waals surface area (Å²) in [6.07, 6.45) is -0.885. The molecule has 6 heteroatoms. The number of nitrogens with zero attached hydrogens (tertiary/aromatic N) is 2. The smallest absolute Gasteiger partial charge is 0.270 e. The Hall–Kier alpha value is -2.50. The van der Waals surface area contributed by atoms with Gasteiger partial charge in [0.25, 0.3) is 5.91 Å². The molecule has 0 fully saturated rings. The molecule has 0 aliphatic rings. The van der Waals surface area contributed by atoms with Crippen LogP contribution in [0.2, 0.25) is 5.02 Å². The van der Waals surface area contributed by atoms with Crippen LogP contribution >= 0.6 is 11.6 Å². The number of aromatic hydroxyl groups is 1. The standard InChI is InChI=1S/C20H21ClN2O3/c1-3-23(12-18(25)13-6-4-8-15(24)10-13)20(26)17-11-14-7-5-9-16(21)19(14)22(17)2/h4-11,18,24-25H,3,12H2,1-2H3/t18-/m1/s1. The lowest BCUT2D eigenvalue weighted by atomic mass is 10.1. The fourth-order valence-corrected chi connectivity index (χ4v) is 3.44. The van der Waals surface area contributed by atoms with Crippen LogP contribution in [0.3, 0.4) is 0 Å². The molecule has 1 aromatic heterocycles. The van der Waals surface area contributed by atoms with Crippen LogP contribution in [0.1, 0.15) is 29.1 Å². The van der Waals surface area contributed by atoms with Crippen molar-refractivity contribution in [1.29, 1.82) is 0 Å². The summed E-state index contributed by atoms with van der Waals surface area (Å²) in [4.78, 5) is 14.6. The molecule has 1 atom stereocenters. The highest BCUT2D eigenvalue weighted by Crippen LogP contribution is 2.27. The summed E-state index contributed by atoms with van der Waals surface area (Å²) in [6.45, 7) is 2.45. The third-order valence-corrected chi connectivity index (χ3v) is 4.85. The van der Waals surface area contributed by atoms with Gasteiger partial charge in [-0.2, -0.15) is 0 Å². The Morgan fingerprint density at radius 1 is 1.23 bits per heavy atom. The number of aliphatic hydroxyl groups is 1. The van der Waals surface area contributed by atoms with Gasteiger partial charge in [0.2, 0.25) is 0 Å². The number of phenols is 1. The average molecular weight is 373 g/mol. The summed E-state index contributed by atoms with van der Waals surface area (Å²) in [5, 5.41) is 21.5. The Morgan fingerprint density at radius 3 is 2.62 bits per heavy atom. The number of aromatic nitrogens is 1. The molecular formula is C20H21ClN2O3. The van der Waals surface area contributed by atoms with Gasteiger partial charge in [-0.25, -0.2) is 0 Å². The van der Waals surface area contributed by atoms with Crippen molar-refractivity contribution in [3.63, 3.8) is 0 Å². The monoisotopic (exact) mass is 372 g/mol. The molecule has 0 bridgehead atoms. The van der Waals surface area contributed by atoms with Crippen molar-refractivity contribution in [2.45, 2.75) is 13.0 Å². The highest BCUT2D eigenvalue weighted by Gasteiger charge is 2.22. The number of fused-ring (bicyclic) bond motifs is 1. The zero-order chi connectivity index (χ0) is 18.8. The van der Waals surface area contributed by atoms with Crippen LogP contribution in [0.25, 0.3) is 10.9 Å². The van der Waals surface area contributed by atoms with Crippen LogP contribution in [0.5, 0.6) is 5.75 Å². The van der Waals surface area contributed by atoms with Crippen molar-refractivity contribution < 1.29 is 15.0 Å². The summed E-state index contributed by atoms with van der Waals surface area (Å²) >= 11 is 6.26. The largest absolute Gasteiger partial charge is 0.508 e. The van der Waals surface area contributed by atoms with E-state index in [1.807, 2.05) is 25.1 Å². The Labute approximate surface area is 157 Å². The normalized spacial score (nSPS) is 12.3. The summed E-state index contributed by atoms with van der Waals surface area (Å²) in [6, 6.07) is 13.8. The number of aliphatic hydroxyl groups excluding tert-OH is 1. The minimum absolute atomic E-state index is 0.0826. The summed E-state index contributed by atoms with van der Waals surface area (Å²) in [7, 11) is 1.81. The van der Waals surface area contributed by atoms with Gasteiger partial charge >= 0.3 is 0 Å². The van der Waals surface area contributed by atoms with Gasteiger partial charge < -0.3 is 19.7 Å². The number of amides is 1. The first kappa shape index (κ1) is 18.3. The first-order valence-corrected chi connectivity index (χ1v) is 8.80. The lowest BCUT2D eigenvalue weighted by molar-refractivity contribution is 0.0626. The van der Waals surface area contributed by atoms with E-state index in [4.69, 9.17) is 11.6 Å². The molecule has 0 saturated heterocycles. The van der Waals surface area contributed by atoms with Crippen molar-refractivity contribution in [1.82, 2.24) is 9.47 Å². The number of hydrogen-bond acceptors (Lipinski definition) is 3.